The van der Waals surface area contributed by atoms with Gasteiger partial charge in [-0.25, -0.2) is 0 Å². The lowest BCUT2D eigenvalue weighted by molar-refractivity contribution is -0.147. The molecule has 2 N–H and O–H groups in total. The summed E-state index contributed by atoms with van der Waals surface area (Å²) in [6.07, 6.45) is 2.55. The quantitative estimate of drug-likeness (QED) is 0.695. The van der Waals surface area contributed by atoms with E-state index >= 15 is 0 Å². The van der Waals surface area contributed by atoms with Crippen LogP contribution >= 0.6 is 0 Å². The minimum absolute atomic E-state index is 0.203. The van der Waals surface area contributed by atoms with Gasteiger partial charge >= 0.3 is 5.97 Å². The Kier molecular flexibility index (Phi) is 3.68. The highest BCUT2D eigenvalue weighted by Gasteiger charge is 2.44. The zero-order chi connectivity index (χ0) is 11.5. The number of nitrogens with one attached hydrogen (secondary N) is 1. The van der Waals surface area contributed by atoms with E-state index in [1.807, 2.05) is 0 Å². The summed E-state index contributed by atoms with van der Waals surface area (Å²) in [5.41, 5.74) is -0.488. The molecule has 0 aromatic rings. The van der Waals surface area contributed by atoms with Crippen molar-refractivity contribution in [2.75, 3.05) is 13.7 Å². The number of hydrogen-bond acceptors (Lipinski definition) is 3. The Balaban J connectivity index is 2.54. The van der Waals surface area contributed by atoms with Crippen molar-refractivity contribution >= 4 is 11.9 Å². The fraction of sp³-hybridized carbons (Fsp3) is 0.800. The van der Waals surface area contributed by atoms with Crippen LogP contribution < -0.4 is 5.32 Å². The van der Waals surface area contributed by atoms with Crippen LogP contribution in [0.15, 0.2) is 0 Å². The van der Waals surface area contributed by atoms with Crippen LogP contribution in [0.5, 0.6) is 0 Å². The predicted molar refractivity (Wildman–Crippen MR) is 53.4 cm³/mol. The number of ether oxygens (including phenoxy) is 1. The van der Waals surface area contributed by atoms with E-state index in [0.29, 0.717) is 6.61 Å². The zero-order valence-corrected chi connectivity index (χ0v) is 9.08. The van der Waals surface area contributed by atoms with Crippen LogP contribution in [0.3, 0.4) is 0 Å². The normalized spacial score (nSPS) is 20.1. The van der Waals surface area contributed by atoms with Crippen LogP contribution in [0.25, 0.3) is 0 Å². The van der Waals surface area contributed by atoms with Crippen LogP contribution in [0.4, 0.5) is 0 Å². The molecule has 5 nitrogen and oxygen atoms in total. The topological polar surface area (TPSA) is 75.6 Å². The Morgan fingerprint density at radius 1 is 1.53 bits per heavy atom. The summed E-state index contributed by atoms with van der Waals surface area (Å²) in [7, 11) is 1.55. The summed E-state index contributed by atoms with van der Waals surface area (Å²) in [6.45, 7) is 1.82. The molecule has 1 amide bonds. The zero-order valence-electron chi connectivity index (χ0n) is 9.08. The highest BCUT2D eigenvalue weighted by atomic mass is 16.5. The molecule has 1 aliphatic rings. The minimum Gasteiger partial charge on any atom is -0.480 e. The Morgan fingerprint density at radius 3 is 2.47 bits per heavy atom. The largest absolute Gasteiger partial charge is 0.480 e. The van der Waals surface area contributed by atoms with Crippen LogP contribution in [-0.2, 0) is 14.3 Å². The van der Waals surface area contributed by atoms with E-state index in [-0.39, 0.29) is 5.91 Å². The average molecular weight is 215 g/mol. The van der Waals surface area contributed by atoms with Crippen LogP contribution in [0.1, 0.15) is 26.2 Å². The Labute approximate surface area is 88.8 Å². The number of aliphatic carboxylic acids is 1. The van der Waals surface area contributed by atoms with Crippen LogP contribution in [0.2, 0.25) is 0 Å². The number of amides is 1. The van der Waals surface area contributed by atoms with E-state index < -0.39 is 17.4 Å². The second-order valence-corrected chi connectivity index (χ2v) is 4.10. The number of methoxy groups -OCH3 is 1. The third-order valence-electron chi connectivity index (χ3n) is 2.93. The van der Waals surface area contributed by atoms with Gasteiger partial charge in [-0.15, -0.1) is 0 Å². The van der Waals surface area contributed by atoms with Crippen LogP contribution in [-0.4, -0.2) is 36.7 Å². The second kappa shape index (κ2) is 4.61. The monoisotopic (exact) mass is 215 g/mol. The molecule has 0 bridgehead atoms. The van der Waals surface area contributed by atoms with Gasteiger partial charge in [-0.1, -0.05) is 6.42 Å². The van der Waals surface area contributed by atoms with Crippen molar-refractivity contribution in [2.24, 2.45) is 5.41 Å². The van der Waals surface area contributed by atoms with Gasteiger partial charge < -0.3 is 15.2 Å². The van der Waals surface area contributed by atoms with Gasteiger partial charge in [0.15, 0.2) is 0 Å². The maximum atomic E-state index is 11.8. The first-order valence-corrected chi connectivity index (χ1v) is 5.04. The van der Waals surface area contributed by atoms with Gasteiger partial charge in [0.2, 0.25) is 5.91 Å². The molecule has 0 aliphatic heterocycles. The molecule has 0 aromatic heterocycles. The molecule has 0 aromatic carbocycles. The van der Waals surface area contributed by atoms with Gasteiger partial charge in [-0.2, -0.15) is 0 Å². The van der Waals surface area contributed by atoms with Crippen molar-refractivity contribution in [3.8, 4) is 0 Å². The van der Waals surface area contributed by atoms with E-state index in [1.165, 1.54) is 6.92 Å². The predicted octanol–water partition coefficient (Wildman–Crippen LogP) is 0.392. The first kappa shape index (κ1) is 12.0. The molecular formula is C10H17NO4. The standard InChI is InChI=1S/C10H17NO4/c1-7(8(12)13)11-9(14)10(6-15-2)4-3-5-10/h7H,3-6H2,1-2H3,(H,11,14)(H,12,13)/t7-/m0/s1. The molecule has 0 radical (unpaired) electrons. The number of carboxylic acids is 1. The smallest absolute Gasteiger partial charge is 0.325 e. The summed E-state index contributed by atoms with van der Waals surface area (Å²) in [5, 5.41) is 11.2. The van der Waals surface area contributed by atoms with E-state index in [9.17, 15) is 9.59 Å². The second-order valence-electron chi connectivity index (χ2n) is 4.10. The lowest BCUT2D eigenvalue weighted by Gasteiger charge is -2.39. The number of rotatable bonds is 5. The van der Waals surface area contributed by atoms with Gasteiger partial charge in [0.25, 0.3) is 0 Å². The summed E-state index contributed by atoms with van der Waals surface area (Å²) in [4.78, 5) is 22.4. The minimum atomic E-state index is -1.02. The maximum Gasteiger partial charge on any atom is 0.325 e. The molecule has 0 heterocycles. The molecular weight excluding hydrogens is 198 g/mol. The Bertz CT molecular complexity index is 260. The van der Waals surface area contributed by atoms with E-state index in [1.54, 1.807) is 7.11 Å². The lowest BCUT2D eigenvalue weighted by Crippen LogP contribution is -2.52. The molecule has 1 saturated carbocycles. The van der Waals surface area contributed by atoms with Crippen LogP contribution in [0, 0.1) is 5.41 Å². The Hall–Kier alpha value is -1.10. The molecule has 1 fully saturated rings. The molecule has 15 heavy (non-hydrogen) atoms. The summed E-state index contributed by atoms with van der Waals surface area (Å²) in [6, 6.07) is -0.841. The lowest BCUT2D eigenvalue weighted by atomic mass is 9.68. The molecule has 86 valence electrons. The third kappa shape index (κ3) is 2.47. The third-order valence-corrected chi connectivity index (χ3v) is 2.93. The van der Waals surface area contributed by atoms with Gasteiger partial charge in [-0.05, 0) is 19.8 Å². The maximum absolute atomic E-state index is 11.8. The highest BCUT2D eigenvalue weighted by Crippen LogP contribution is 2.41. The van der Waals surface area contributed by atoms with Crippen molar-refractivity contribution in [2.45, 2.75) is 32.2 Å². The van der Waals surface area contributed by atoms with E-state index in [2.05, 4.69) is 5.32 Å². The number of hydrogen-bond donors (Lipinski definition) is 2. The number of carbonyl (C=O) groups is 2. The molecule has 0 unspecified atom stereocenters. The van der Waals surface area contributed by atoms with Crippen molar-refractivity contribution in [3.63, 3.8) is 0 Å². The van der Waals surface area contributed by atoms with Crippen molar-refractivity contribution in [1.29, 1.82) is 0 Å². The van der Waals surface area contributed by atoms with Gasteiger partial charge in [0.05, 0.1) is 12.0 Å². The van der Waals surface area contributed by atoms with E-state index in [4.69, 9.17) is 9.84 Å². The van der Waals surface area contributed by atoms with Gasteiger partial charge in [-0.3, -0.25) is 9.59 Å². The van der Waals surface area contributed by atoms with Gasteiger partial charge in [0, 0.05) is 7.11 Å². The molecule has 0 saturated heterocycles. The summed E-state index contributed by atoms with van der Waals surface area (Å²) >= 11 is 0. The molecule has 5 heteroatoms. The van der Waals surface area contributed by atoms with Crippen molar-refractivity contribution < 1.29 is 19.4 Å². The number of carbonyl (C=O) groups excluding carboxylic acids is 1. The average Bonchev–Trinajstić information content (AvgIpc) is 2.10. The molecule has 1 atom stereocenters. The Morgan fingerprint density at radius 2 is 2.13 bits per heavy atom. The number of carboxylic acid groups (broad SMARTS) is 1. The van der Waals surface area contributed by atoms with Gasteiger partial charge in [0.1, 0.15) is 6.04 Å². The molecule has 1 rings (SSSR count). The fourth-order valence-corrected chi connectivity index (χ4v) is 1.73. The molecule has 0 spiro atoms. The summed E-state index contributed by atoms with van der Waals surface area (Å²) < 4.78 is 5.00. The van der Waals surface area contributed by atoms with Crippen molar-refractivity contribution in [3.05, 3.63) is 0 Å². The molecule has 1 aliphatic carbocycles. The first-order valence-electron chi connectivity index (χ1n) is 5.04. The fourth-order valence-electron chi connectivity index (χ4n) is 1.73. The summed E-state index contributed by atoms with van der Waals surface area (Å²) in [5.74, 6) is -1.22. The highest BCUT2D eigenvalue weighted by molar-refractivity contribution is 5.88. The first-order chi connectivity index (χ1) is 7.02. The SMILES string of the molecule is COCC1(C(=O)N[C@@H](C)C(=O)O)CCC1. The van der Waals surface area contributed by atoms with E-state index in [0.717, 1.165) is 19.3 Å². The van der Waals surface area contributed by atoms with Crippen molar-refractivity contribution in [1.82, 2.24) is 5.32 Å².